The second-order valence-electron chi connectivity index (χ2n) is 3.80. The first-order chi connectivity index (χ1) is 7.95. The van der Waals surface area contributed by atoms with Gasteiger partial charge in [-0.15, -0.1) is 0 Å². The molecule has 92 valence electrons. The summed E-state index contributed by atoms with van der Waals surface area (Å²) in [6.45, 7) is 1.70. The summed E-state index contributed by atoms with van der Waals surface area (Å²) in [6, 6.07) is 4.02. The van der Waals surface area contributed by atoms with Crippen LogP contribution in [-0.4, -0.2) is 19.0 Å². The molecule has 0 saturated carbocycles. The van der Waals surface area contributed by atoms with Gasteiger partial charge in [0.25, 0.3) is 0 Å². The third-order valence-electron chi connectivity index (χ3n) is 2.46. The Labute approximate surface area is 98.6 Å². The first-order valence-electron chi connectivity index (χ1n) is 5.11. The van der Waals surface area contributed by atoms with Gasteiger partial charge in [0, 0.05) is 6.42 Å². The van der Waals surface area contributed by atoms with E-state index in [9.17, 15) is 14.0 Å². The maximum absolute atomic E-state index is 13.7. The topological polar surface area (TPSA) is 69.4 Å². The Hall–Kier alpha value is -1.91. The van der Waals surface area contributed by atoms with E-state index in [1.54, 1.807) is 6.92 Å². The fourth-order valence-electron chi connectivity index (χ4n) is 1.58. The first-order valence-corrected chi connectivity index (χ1v) is 5.11. The Morgan fingerprint density at radius 1 is 1.47 bits per heavy atom. The number of ether oxygens (including phenoxy) is 1. The minimum atomic E-state index is -0.599. The standard InChI is InChI=1S/C12H14FNO3/c1-7(5-11(14)15)9-4-3-8(6-10(9)13)12(16)17-2/h3-4,6-7H,5H2,1-2H3,(H2,14,15). The zero-order valence-electron chi connectivity index (χ0n) is 9.70. The van der Waals surface area contributed by atoms with Gasteiger partial charge in [0.15, 0.2) is 0 Å². The highest BCUT2D eigenvalue weighted by Crippen LogP contribution is 2.22. The number of methoxy groups -OCH3 is 1. The van der Waals surface area contributed by atoms with Crippen LogP contribution in [0, 0.1) is 5.82 Å². The van der Waals surface area contributed by atoms with Crippen molar-refractivity contribution in [3.63, 3.8) is 0 Å². The van der Waals surface area contributed by atoms with E-state index in [1.807, 2.05) is 0 Å². The number of rotatable bonds is 4. The Bertz CT molecular complexity index is 445. The van der Waals surface area contributed by atoms with Crippen LogP contribution in [-0.2, 0) is 9.53 Å². The van der Waals surface area contributed by atoms with E-state index in [-0.39, 0.29) is 17.9 Å². The molecule has 0 aliphatic carbocycles. The normalized spacial score (nSPS) is 11.9. The number of amides is 1. The number of primary amides is 1. The van der Waals surface area contributed by atoms with Crippen molar-refractivity contribution in [2.75, 3.05) is 7.11 Å². The van der Waals surface area contributed by atoms with Gasteiger partial charge in [0.05, 0.1) is 12.7 Å². The van der Waals surface area contributed by atoms with Crippen LogP contribution in [0.15, 0.2) is 18.2 Å². The molecule has 2 N–H and O–H groups in total. The largest absolute Gasteiger partial charge is 0.465 e. The molecule has 0 bridgehead atoms. The zero-order valence-corrected chi connectivity index (χ0v) is 9.70. The predicted molar refractivity (Wildman–Crippen MR) is 60.0 cm³/mol. The molecule has 0 fully saturated rings. The van der Waals surface area contributed by atoms with Crippen LogP contribution in [0.5, 0.6) is 0 Å². The average Bonchev–Trinajstić information content (AvgIpc) is 2.26. The highest BCUT2D eigenvalue weighted by Gasteiger charge is 2.15. The van der Waals surface area contributed by atoms with Crippen molar-refractivity contribution >= 4 is 11.9 Å². The molecular formula is C12H14FNO3. The van der Waals surface area contributed by atoms with E-state index in [0.29, 0.717) is 5.56 Å². The van der Waals surface area contributed by atoms with E-state index in [0.717, 1.165) is 6.07 Å². The van der Waals surface area contributed by atoms with Gasteiger partial charge >= 0.3 is 5.97 Å². The molecule has 1 amide bonds. The van der Waals surface area contributed by atoms with Gasteiger partial charge < -0.3 is 10.5 Å². The maximum Gasteiger partial charge on any atom is 0.337 e. The third kappa shape index (κ3) is 3.27. The number of hydrogen-bond donors (Lipinski definition) is 1. The number of benzene rings is 1. The zero-order chi connectivity index (χ0) is 13.0. The molecule has 0 saturated heterocycles. The lowest BCUT2D eigenvalue weighted by molar-refractivity contribution is -0.118. The Morgan fingerprint density at radius 3 is 2.59 bits per heavy atom. The van der Waals surface area contributed by atoms with Crippen LogP contribution in [0.2, 0.25) is 0 Å². The summed E-state index contributed by atoms with van der Waals surface area (Å²) in [5, 5.41) is 0. The molecule has 1 aromatic rings. The second kappa shape index (κ2) is 5.43. The monoisotopic (exact) mass is 239 g/mol. The fraction of sp³-hybridized carbons (Fsp3) is 0.333. The van der Waals surface area contributed by atoms with Gasteiger partial charge in [0.2, 0.25) is 5.91 Å². The van der Waals surface area contributed by atoms with Gasteiger partial charge in [-0.3, -0.25) is 4.79 Å². The number of nitrogens with two attached hydrogens (primary N) is 1. The van der Waals surface area contributed by atoms with Crippen LogP contribution in [0.4, 0.5) is 4.39 Å². The lowest BCUT2D eigenvalue weighted by Crippen LogP contribution is -2.14. The minimum absolute atomic E-state index is 0.0640. The van der Waals surface area contributed by atoms with Gasteiger partial charge in [0.1, 0.15) is 5.82 Å². The van der Waals surface area contributed by atoms with E-state index in [1.165, 1.54) is 19.2 Å². The van der Waals surface area contributed by atoms with Crippen molar-refractivity contribution in [2.24, 2.45) is 5.73 Å². The fourth-order valence-corrected chi connectivity index (χ4v) is 1.58. The second-order valence-corrected chi connectivity index (χ2v) is 3.80. The average molecular weight is 239 g/mol. The Morgan fingerprint density at radius 2 is 2.12 bits per heavy atom. The quantitative estimate of drug-likeness (QED) is 0.811. The van der Waals surface area contributed by atoms with Crippen molar-refractivity contribution in [2.45, 2.75) is 19.3 Å². The van der Waals surface area contributed by atoms with E-state index in [4.69, 9.17) is 5.73 Å². The molecule has 0 aliphatic heterocycles. The number of hydrogen-bond acceptors (Lipinski definition) is 3. The van der Waals surface area contributed by atoms with Gasteiger partial charge in [-0.1, -0.05) is 13.0 Å². The first kappa shape index (κ1) is 13.2. The van der Waals surface area contributed by atoms with Crippen molar-refractivity contribution < 1.29 is 18.7 Å². The lowest BCUT2D eigenvalue weighted by Gasteiger charge is -2.11. The van der Waals surface area contributed by atoms with Crippen molar-refractivity contribution in [3.05, 3.63) is 35.1 Å². The smallest absolute Gasteiger partial charge is 0.337 e. The summed E-state index contributed by atoms with van der Waals surface area (Å²) >= 11 is 0. The number of carbonyl (C=O) groups is 2. The molecule has 5 heteroatoms. The number of halogens is 1. The molecule has 0 heterocycles. The summed E-state index contributed by atoms with van der Waals surface area (Å²) in [7, 11) is 1.23. The van der Waals surface area contributed by atoms with Crippen molar-refractivity contribution in [3.8, 4) is 0 Å². The predicted octanol–water partition coefficient (Wildman–Crippen LogP) is 1.59. The highest BCUT2D eigenvalue weighted by molar-refractivity contribution is 5.89. The van der Waals surface area contributed by atoms with Gasteiger partial charge in [-0.05, 0) is 23.6 Å². The molecule has 0 spiro atoms. The lowest BCUT2D eigenvalue weighted by atomic mass is 9.96. The van der Waals surface area contributed by atoms with Crippen LogP contribution < -0.4 is 5.73 Å². The summed E-state index contributed by atoms with van der Waals surface area (Å²) in [4.78, 5) is 21.9. The summed E-state index contributed by atoms with van der Waals surface area (Å²) in [6.07, 6.45) is 0.0640. The number of esters is 1. The molecule has 4 nitrogen and oxygen atoms in total. The van der Waals surface area contributed by atoms with E-state index < -0.39 is 17.7 Å². The summed E-state index contributed by atoms with van der Waals surface area (Å²) in [5.74, 6) is -1.95. The van der Waals surface area contributed by atoms with E-state index >= 15 is 0 Å². The molecule has 1 unspecified atom stereocenters. The van der Waals surface area contributed by atoms with Crippen LogP contribution in [0.25, 0.3) is 0 Å². The van der Waals surface area contributed by atoms with Gasteiger partial charge in [-0.2, -0.15) is 0 Å². The summed E-state index contributed by atoms with van der Waals surface area (Å²) < 4.78 is 18.2. The van der Waals surface area contributed by atoms with Crippen LogP contribution in [0.3, 0.4) is 0 Å². The maximum atomic E-state index is 13.7. The Balaban J connectivity index is 2.97. The minimum Gasteiger partial charge on any atom is -0.465 e. The van der Waals surface area contributed by atoms with Gasteiger partial charge in [-0.25, -0.2) is 9.18 Å². The molecule has 1 aromatic carbocycles. The third-order valence-corrected chi connectivity index (χ3v) is 2.46. The Kier molecular flexibility index (Phi) is 4.20. The molecule has 0 aliphatic rings. The van der Waals surface area contributed by atoms with Crippen molar-refractivity contribution in [1.82, 2.24) is 0 Å². The molecule has 1 atom stereocenters. The molecular weight excluding hydrogens is 225 g/mol. The summed E-state index contributed by atoms with van der Waals surface area (Å²) in [5.41, 5.74) is 5.54. The van der Waals surface area contributed by atoms with E-state index in [2.05, 4.69) is 4.74 Å². The molecule has 17 heavy (non-hydrogen) atoms. The molecule has 1 rings (SSSR count). The van der Waals surface area contributed by atoms with Crippen LogP contribution in [0.1, 0.15) is 35.2 Å². The molecule has 0 radical (unpaired) electrons. The highest BCUT2D eigenvalue weighted by atomic mass is 19.1. The molecule has 0 aromatic heterocycles. The SMILES string of the molecule is COC(=O)c1ccc(C(C)CC(N)=O)c(F)c1. The van der Waals surface area contributed by atoms with Crippen LogP contribution >= 0.6 is 0 Å². The number of carbonyl (C=O) groups excluding carboxylic acids is 2. The van der Waals surface area contributed by atoms with Crippen molar-refractivity contribution in [1.29, 1.82) is 0 Å².